The number of fused-ring (bicyclic) bond motifs is 5. The van der Waals surface area contributed by atoms with E-state index < -0.39 is 0 Å². The Labute approximate surface area is 174 Å². The number of ketones is 1. The second kappa shape index (κ2) is 6.96. The fourth-order valence-electron chi connectivity index (χ4n) is 7.96. The van der Waals surface area contributed by atoms with Crippen LogP contribution >= 0.6 is 0 Å². The lowest BCUT2D eigenvalue weighted by molar-refractivity contribution is -0.142. The number of rotatable bonds is 2. The maximum Gasteiger partial charge on any atom is 0.338 e. The van der Waals surface area contributed by atoms with Crippen molar-refractivity contribution in [2.75, 3.05) is 0 Å². The Morgan fingerprint density at radius 1 is 0.931 bits per heavy atom. The van der Waals surface area contributed by atoms with Gasteiger partial charge in [0.15, 0.2) is 0 Å². The maximum atomic E-state index is 12.7. The minimum atomic E-state index is -0.166. The van der Waals surface area contributed by atoms with Gasteiger partial charge in [-0.25, -0.2) is 4.79 Å². The fourth-order valence-corrected chi connectivity index (χ4v) is 7.96. The van der Waals surface area contributed by atoms with Crippen molar-refractivity contribution in [2.24, 2.45) is 34.5 Å². The highest BCUT2D eigenvalue weighted by atomic mass is 16.5. The zero-order valence-corrected chi connectivity index (χ0v) is 17.9. The lowest BCUT2D eigenvalue weighted by Crippen LogP contribution is -2.54. The molecule has 0 saturated heterocycles. The SMILES string of the molecule is C[C@]12CCC(=O)C[C@@H]1CC[C@H]1[C@H]2CC[C@@]2(C)[C@@H](OC(=O)c3ccccc3)CC[C@H]12. The number of benzene rings is 1. The number of carbonyl (C=O) groups is 2. The number of carbonyl (C=O) groups excluding carboxylic acids is 2. The molecular weight excluding hydrogens is 360 g/mol. The lowest BCUT2D eigenvalue weighted by Gasteiger charge is -2.60. The molecule has 0 aromatic heterocycles. The quantitative estimate of drug-likeness (QED) is 0.593. The molecule has 156 valence electrons. The first kappa shape index (κ1) is 19.3. The van der Waals surface area contributed by atoms with Crippen LogP contribution in [0.1, 0.15) is 82.0 Å². The number of esters is 1. The van der Waals surface area contributed by atoms with E-state index >= 15 is 0 Å². The van der Waals surface area contributed by atoms with Gasteiger partial charge in [0.05, 0.1) is 5.56 Å². The number of hydrogen-bond donors (Lipinski definition) is 0. The summed E-state index contributed by atoms with van der Waals surface area (Å²) in [6.07, 6.45) is 9.79. The topological polar surface area (TPSA) is 43.4 Å². The second-order valence-electron chi connectivity index (χ2n) is 10.8. The van der Waals surface area contributed by atoms with Gasteiger partial charge in [0.25, 0.3) is 0 Å². The minimum absolute atomic E-state index is 0.0413. The summed E-state index contributed by atoms with van der Waals surface area (Å²) in [4.78, 5) is 24.8. The highest BCUT2D eigenvalue weighted by Gasteiger charge is 2.61. The molecule has 0 bridgehead atoms. The van der Waals surface area contributed by atoms with Crippen molar-refractivity contribution in [1.82, 2.24) is 0 Å². The molecule has 4 saturated carbocycles. The van der Waals surface area contributed by atoms with Crippen molar-refractivity contribution in [3.63, 3.8) is 0 Å². The molecule has 5 rings (SSSR count). The first-order valence-corrected chi connectivity index (χ1v) is 11.7. The van der Waals surface area contributed by atoms with E-state index in [-0.39, 0.29) is 17.5 Å². The van der Waals surface area contributed by atoms with Gasteiger partial charge in [-0.15, -0.1) is 0 Å². The average Bonchev–Trinajstić information content (AvgIpc) is 3.05. The first-order valence-electron chi connectivity index (χ1n) is 11.7. The van der Waals surface area contributed by atoms with Crippen LogP contribution in [0.25, 0.3) is 0 Å². The molecule has 29 heavy (non-hydrogen) atoms. The van der Waals surface area contributed by atoms with Crippen molar-refractivity contribution in [3.8, 4) is 0 Å². The summed E-state index contributed by atoms with van der Waals surface area (Å²) in [6, 6.07) is 9.42. The van der Waals surface area contributed by atoms with Crippen LogP contribution in [0.15, 0.2) is 30.3 Å². The molecule has 1 aromatic carbocycles. The monoisotopic (exact) mass is 394 g/mol. The predicted octanol–water partition coefficient (Wildman–Crippen LogP) is 5.82. The molecule has 0 spiro atoms. The Morgan fingerprint density at radius 3 is 2.48 bits per heavy atom. The van der Waals surface area contributed by atoms with Gasteiger partial charge in [-0.1, -0.05) is 32.0 Å². The molecule has 3 nitrogen and oxygen atoms in total. The fraction of sp³-hybridized carbons (Fsp3) is 0.692. The molecule has 0 radical (unpaired) electrons. The summed E-state index contributed by atoms with van der Waals surface area (Å²) in [6.45, 7) is 4.88. The van der Waals surface area contributed by atoms with Crippen LogP contribution in [-0.2, 0) is 9.53 Å². The summed E-state index contributed by atoms with van der Waals surface area (Å²) < 4.78 is 6.11. The normalized spacial score (nSPS) is 43.8. The molecular formula is C26H34O3. The van der Waals surface area contributed by atoms with E-state index in [1.54, 1.807) is 0 Å². The average molecular weight is 395 g/mol. The van der Waals surface area contributed by atoms with Gasteiger partial charge in [-0.2, -0.15) is 0 Å². The Balaban J connectivity index is 1.34. The van der Waals surface area contributed by atoms with E-state index in [1.165, 1.54) is 25.7 Å². The molecule has 0 heterocycles. The molecule has 0 aliphatic heterocycles. The van der Waals surface area contributed by atoms with E-state index in [2.05, 4.69) is 13.8 Å². The third-order valence-electron chi connectivity index (χ3n) is 9.65. The van der Waals surface area contributed by atoms with Crippen molar-refractivity contribution in [1.29, 1.82) is 0 Å². The van der Waals surface area contributed by atoms with Gasteiger partial charge in [-0.3, -0.25) is 4.79 Å². The highest BCUT2D eigenvalue weighted by Crippen LogP contribution is 2.66. The van der Waals surface area contributed by atoms with Crippen molar-refractivity contribution < 1.29 is 14.3 Å². The molecule has 0 amide bonds. The zero-order valence-electron chi connectivity index (χ0n) is 17.9. The van der Waals surface area contributed by atoms with Gasteiger partial charge in [0, 0.05) is 18.3 Å². The third kappa shape index (κ3) is 2.99. The Bertz CT molecular complexity index is 801. The second-order valence-corrected chi connectivity index (χ2v) is 10.8. The summed E-state index contributed by atoms with van der Waals surface area (Å²) >= 11 is 0. The maximum absolute atomic E-state index is 12.7. The van der Waals surface area contributed by atoms with Gasteiger partial charge in [0.2, 0.25) is 0 Å². The molecule has 3 heteroatoms. The number of hydrogen-bond acceptors (Lipinski definition) is 3. The van der Waals surface area contributed by atoms with Crippen LogP contribution < -0.4 is 0 Å². The standard InChI is InChI=1S/C26H34O3/c1-25-14-12-19(27)16-18(25)8-9-20-21-10-11-23(26(21,2)15-13-22(20)25)29-24(28)17-6-4-3-5-7-17/h3-7,18,20-23H,8-16H2,1-2H3/t18-,20+,21+,22+,23-,25-,26+/m0/s1. The van der Waals surface area contributed by atoms with E-state index in [1.807, 2.05) is 30.3 Å². The van der Waals surface area contributed by atoms with Crippen molar-refractivity contribution in [2.45, 2.75) is 77.7 Å². The molecule has 4 fully saturated rings. The smallest absolute Gasteiger partial charge is 0.338 e. The van der Waals surface area contributed by atoms with E-state index in [0.717, 1.165) is 43.9 Å². The minimum Gasteiger partial charge on any atom is -0.458 e. The van der Waals surface area contributed by atoms with Crippen LogP contribution in [0, 0.1) is 34.5 Å². The van der Waals surface area contributed by atoms with Crippen molar-refractivity contribution >= 4 is 11.8 Å². The Morgan fingerprint density at radius 2 is 1.69 bits per heavy atom. The molecule has 4 aliphatic carbocycles. The predicted molar refractivity (Wildman–Crippen MR) is 112 cm³/mol. The zero-order chi connectivity index (χ0) is 20.2. The van der Waals surface area contributed by atoms with Gasteiger partial charge >= 0.3 is 5.97 Å². The third-order valence-corrected chi connectivity index (χ3v) is 9.65. The van der Waals surface area contributed by atoms with Crippen LogP contribution in [0.4, 0.5) is 0 Å². The van der Waals surface area contributed by atoms with Crippen LogP contribution in [0.2, 0.25) is 0 Å². The summed E-state index contributed by atoms with van der Waals surface area (Å²) in [5, 5.41) is 0. The summed E-state index contributed by atoms with van der Waals surface area (Å²) in [5.74, 6) is 3.06. The largest absolute Gasteiger partial charge is 0.458 e. The lowest BCUT2D eigenvalue weighted by atomic mass is 9.45. The highest BCUT2D eigenvalue weighted by molar-refractivity contribution is 5.89. The van der Waals surface area contributed by atoms with Crippen LogP contribution in [0.3, 0.4) is 0 Å². The van der Waals surface area contributed by atoms with Gasteiger partial charge in [-0.05, 0) is 86.2 Å². The number of Topliss-reactive ketones (excluding diaryl/α,β-unsaturated/α-hetero) is 1. The molecule has 1 aromatic rings. The van der Waals surface area contributed by atoms with Crippen molar-refractivity contribution in [3.05, 3.63) is 35.9 Å². The Hall–Kier alpha value is -1.64. The summed E-state index contributed by atoms with van der Waals surface area (Å²) in [7, 11) is 0. The van der Waals surface area contributed by atoms with E-state index in [0.29, 0.717) is 28.6 Å². The molecule has 0 N–H and O–H groups in total. The molecule has 7 atom stereocenters. The molecule has 0 unspecified atom stereocenters. The van der Waals surface area contributed by atoms with Gasteiger partial charge in [0.1, 0.15) is 11.9 Å². The Kier molecular flexibility index (Phi) is 4.64. The number of ether oxygens (including phenoxy) is 1. The van der Waals surface area contributed by atoms with Crippen LogP contribution in [-0.4, -0.2) is 17.9 Å². The van der Waals surface area contributed by atoms with Gasteiger partial charge < -0.3 is 4.74 Å². The summed E-state index contributed by atoms with van der Waals surface area (Å²) in [5.41, 5.74) is 1.11. The molecule has 4 aliphatic rings. The first-order chi connectivity index (χ1) is 13.9. The van der Waals surface area contributed by atoms with Crippen LogP contribution in [0.5, 0.6) is 0 Å². The van der Waals surface area contributed by atoms with E-state index in [9.17, 15) is 9.59 Å². The van der Waals surface area contributed by atoms with E-state index in [4.69, 9.17) is 4.74 Å².